The molecule has 1 fully saturated rings. The number of carbonyl (C=O) groups is 3. The van der Waals surface area contributed by atoms with Crippen LogP contribution in [0.4, 0.5) is 0 Å². The van der Waals surface area contributed by atoms with Gasteiger partial charge in [-0.15, -0.1) is 0 Å². The second-order valence-electron chi connectivity index (χ2n) is 11.7. The lowest BCUT2D eigenvalue weighted by atomic mass is 9.93. The summed E-state index contributed by atoms with van der Waals surface area (Å²) in [5.41, 5.74) is 1.33. The van der Waals surface area contributed by atoms with E-state index in [0.717, 1.165) is 37.0 Å². The number of fused-ring (bicyclic) bond motifs is 1. The molecule has 1 spiro atoms. The van der Waals surface area contributed by atoms with Crippen molar-refractivity contribution in [2.45, 2.75) is 82.8 Å². The molecule has 220 valence electrons. The van der Waals surface area contributed by atoms with Crippen LogP contribution in [0.1, 0.15) is 69.1 Å². The molecule has 2 aromatic rings. The first-order valence-corrected chi connectivity index (χ1v) is 14.8. The number of carbonyl (C=O) groups excluding carboxylic acids is 3. The van der Waals surface area contributed by atoms with Crippen molar-refractivity contribution in [2.75, 3.05) is 19.7 Å². The van der Waals surface area contributed by atoms with Crippen molar-refractivity contribution in [3.8, 4) is 5.75 Å². The molecule has 4 rings (SSSR count). The predicted molar refractivity (Wildman–Crippen MR) is 161 cm³/mol. The molecule has 1 aliphatic carbocycles. The molecule has 1 atom stereocenters. The first-order chi connectivity index (χ1) is 19.7. The minimum atomic E-state index is -1.20. The zero-order chi connectivity index (χ0) is 29.3. The van der Waals surface area contributed by atoms with Gasteiger partial charge in [-0.3, -0.25) is 19.7 Å². The molecule has 1 aliphatic heterocycles. The lowest BCUT2D eigenvalue weighted by molar-refractivity contribution is -0.137. The Hall–Kier alpha value is -3.65. The molecule has 0 saturated heterocycles. The summed E-state index contributed by atoms with van der Waals surface area (Å²) in [5.74, 6) is -0.0945. The van der Waals surface area contributed by atoms with E-state index >= 15 is 0 Å². The Morgan fingerprint density at radius 3 is 2.54 bits per heavy atom. The van der Waals surface area contributed by atoms with Crippen molar-refractivity contribution in [3.63, 3.8) is 0 Å². The summed E-state index contributed by atoms with van der Waals surface area (Å²) in [6, 6.07) is 15.3. The van der Waals surface area contributed by atoms with Crippen LogP contribution in [0, 0.1) is 6.92 Å². The molecule has 2 aliphatic rings. The van der Waals surface area contributed by atoms with Crippen molar-refractivity contribution in [1.82, 2.24) is 21.3 Å². The number of nitrogens with one attached hydrogen (secondary N) is 4. The lowest BCUT2D eigenvalue weighted by Gasteiger charge is -2.35. The fourth-order valence-electron chi connectivity index (χ4n) is 5.58. The van der Waals surface area contributed by atoms with Gasteiger partial charge in [-0.2, -0.15) is 0 Å². The highest BCUT2D eigenvalue weighted by Crippen LogP contribution is 2.30. The monoisotopic (exact) mass is 560 g/mol. The molecule has 3 amide bonds. The first-order valence-electron chi connectivity index (χ1n) is 14.8. The average Bonchev–Trinajstić information content (AvgIpc) is 3.43. The van der Waals surface area contributed by atoms with Crippen LogP contribution < -0.4 is 26.0 Å². The van der Waals surface area contributed by atoms with Gasteiger partial charge in [0.1, 0.15) is 23.9 Å². The molecule has 0 aromatic heterocycles. The molecule has 8 nitrogen and oxygen atoms in total. The maximum atomic E-state index is 13.6. The van der Waals surface area contributed by atoms with E-state index in [1.165, 1.54) is 11.1 Å². The first kappa shape index (κ1) is 30.3. The summed E-state index contributed by atoms with van der Waals surface area (Å²) in [6.45, 7) is 6.63. The molecule has 0 radical (unpaired) electrons. The van der Waals surface area contributed by atoms with Crippen molar-refractivity contribution in [3.05, 3.63) is 71.3 Å². The van der Waals surface area contributed by atoms with Crippen LogP contribution in [-0.4, -0.2) is 54.5 Å². The summed E-state index contributed by atoms with van der Waals surface area (Å²) in [7, 11) is 0. The highest BCUT2D eigenvalue weighted by atomic mass is 16.5. The van der Waals surface area contributed by atoms with E-state index in [1.54, 1.807) is 13.8 Å². The number of hydrogen-bond donors (Lipinski definition) is 4. The minimum Gasteiger partial charge on any atom is -0.492 e. The highest BCUT2D eigenvalue weighted by Gasteiger charge is 2.44. The maximum Gasteiger partial charge on any atom is 0.245 e. The van der Waals surface area contributed by atoms with E-state index < -0.39 is 17.1 Å². The van der Waals surface area contributed by atoms with Gasteiger partial charge in [-0.05, 0) is 64.5 Å². The SMILES string of the molecule is Cc1cccc(CCCC2NC(=O)C(C)(C)NC(=O)C3(CCCC3)NCCOc3ccccc3/C=C/CNC2=O)c1. The Bertz CT molecular complexity index is 1250. The molecular formula is C33H44N4O4. The zero-order valence-electron chi connectivity index (χ0n) is 24.6. The van der Waals surface area contributed by atoms with Gasteiger partial charge in [0.15, 0.2) is 0 Å². The third-order valence-corrected chi connectivity index (χ3v) is 7.98. The van der Waals surface area contributed by atoms with Gasteiger partial charge in [-0.1, -0.05) is 73.0 Å². The topological polar surface area (TPSA) is 109 Å². The largest absolute Gasteiger partial charge is 0.492 e. The molecule has 2 aromatic carbocycles. The molecule has 1 saturated carbocycles. The van der Waals surface area contributed by atoms with Gasteiger partial charge in [-0.25, -0.2) is 0 Å². The van der Waals surface area contributed by atoms with Gasteiger partial charge in [0.25, 0.3) is 0 Å². The third-order valence-electron chi connectivity index (χ3n) is 7.98. The van der Waals surface area contributed by atoms with Crippen LogP contribution in [0.15, 0.2) is 54.6 Å². The van der Waals surface area contributed by atoms with Gasteiger partial charge in [0, 0.05) is 18.7 Å². The number of hydrogen-bond acceptors (Lipinski definition) is 5. The second kappa shape index (κ2) is 13.8. The van der Waals surface area contributed by atoms with Crippen LogP contribution >= 0.6 is 0 Å². The summed E-state index contributed by atoms with van der Waals surface area (Å²) >= 11 is 0. The van der Waals surface area contributed by atoms with E-state index in [2.05, 4.69) is 46.4 Å². The van der Waals surface area contributed by atoms with Crippen LogP contribution in [0.25, 0.3) is 6.08 Å². The molecule has 1 unspecified atom stereocenters. The molecule has 1 heterocycles. The van der Waals surface area contributed by atoms with Crippen molar-refractivity contribution >= 4 is 23.8 Å². The van der Waals surface area contributed by atoms with Gasteiger partial charge >= 0.3 is 0 Å². The normalized spacial score (nSPS) is 22.3. The molecule has 0 bridgehead atoms. The number of amides is 3. The summed E-state index contributed by atoms with van der Waals surface area (Å²) in [6.07, 6.45) is 9.06. The second-order valence-corrected chi connectivity index (χ2v) is 11.7. The minimum absolute atomic E-state index is 0.194. The number of benzene rings is 2. The fourth-order valence-corrected chi connectivity index (χ4v) is 5.58. The van der Waals surface area contributed by atoms with E-state index in [4.69, 9.17) is 4.74 Å². The number of para-hydroxylation sites is 1. The van der Waals surface area contributed by atoms with E-state index in [-0.39, 0.29) is 17.7 Å². The van der Waals surface area contributed by atoms with E-state index in [0.29, 0.717) is 39.0 Å². The van der Waals surface area contributed by atoms with Gasteiger partial charge < -0.3 is 20.7 Å². The van der Waals surface area contributed by atoms with Gasteiger partial charge in [0.2, 0.25) is 17.7 Å². The third kappa shape index (κ3) is 8.19. The molecule has 41 heavy (non-hydrogen) atoms. The van der Waals surface area contributed by atoms with Crippen LogP contribution in [0.2, 0.25) is 0 Å². The lowest BCUT2D eigenvalue weighted by Crippen LogP contribution is -2.64. The number of rotatable bonds is 4. The Labute approximate surface area is 243 Å². The van der Waals surface area contributed by atoms with E-state index in [9.17, 15) is 14.4 Å². The Kier molecular flexibility index (Phi) is 10.2. The van der Waals surface area contributed by atoms with E-state index in [1.807, 2.05) is 42.5 Å². The summed E-state index contributed by atoms with van der Waals surface area (Å²) < 4.78 is 6.06. The smallest absolute Gasteiger partial charge is 0.245 e. The molecule has 8 heteroatoms. The average molecular weight is 561 g/mol. The van der Waals surface area contributed by atoms with Crippen LogP contribution in [0.3, 0.4) is 0 Å². The quantitative estimate of drug-likeness (QED) is 0.455. The Balaban J connectivity index is 1.54. The standard InChI is InChI=1S/C33H44N4O4/c1-24-11-8-12-25(23-24)13-9-16-27-29(38)34-20-10-15-26-14-4-5-17-28(26)41-22-21-35-33(18-6-7-19-33)31(40)37-32(2,3)30(39)36-27/h4-5,8,10-12,14-15,17,23,27,35H,6-7,9,13,16,18-22H2,1-3H3,(H,34,38)(H,36,39)(H,37,40)/b15-10+. The van der Waals surface area contributed by atoms with Gasteiger partial charge in [0.05, 0.1) is 5.54 Å². The molecule has 4 N–H and O–H groups in total. The molecular weight excluding hydrogens is 516 g/mol. The van der Waals surface area contributed by atoms with Crippen molar-refractivity contribution in [1.29, 1.82) is 0 Å². The van der Waals surface area contributed by atoms with Crippen LogP contribution in [-0.2, 0) is 20.8 Å². The number of ether oxygens (including phenoxy) is 1. The fraction of sp³-hybridized carbons (Fsp3) is 0.485. The number of aryl methyl sites for hydroxylation is 2. The summed E-state index contributed by atoms with van der Waals surface area (Å²) in [4.78, 5) is 40.4. The van der Waals surface area contributed by atoms with Crippen LogP contribution in [0.5, 0.6) is 5.75 Å². The Morgan fingerprint density at radius 2 is 1.76 bits per heavy atom. The Morgan fingerprint density at radius 1 is 0.976 bits per heavy atom. The maximum absolute atomic E-state index is 13.6. The van der Waals surface area contributed by atoms with Crippen molar-refractivity contribution in [2.24, 2.45) is 0 Å². The summed E-state index contributed by atoms with van der Waals surface area (Å²) in [5, 5.41) is 12.3. The highest BCUT2D eigenvalue weighted by molar-refractivity contribution is 5.96. The predicted octanol–water partition coefficient (Wildman–Crippen LogP) is 3.82. The zero-order valence-corrected chi connectivity index (χ0v) is 24.6. The van der Waals surface area contributed by atoms with Crippen molar-refractivity contribution < 1.29 is 19.1 Å².